The highest BCUT2D eigenvalue weighted by molar-refractivity contribution is 5.91. The molecule has 132 valence electrons. The van der Waals surface area contributed by atoms with E-state index in [0.29, 0.717) is 25.7 Å². The van der Waals surface area contributed by atoms with Crippen molar-refractivity contribution in [2.24, 2.45) is 0 Å². The Labute approximate surface area is 147 Å². The third-order valence-corrected chi connectivity index (χ3v) is 5.39. The molecule has 4 nitrogen and oxygen atoms in total. The van der Waals surface area contributed by atoms with Crippen LogP contribution in [0.3, 0.4) is 0 Å². The van der Waals surface area contributed by atoms with Gasteiger partial charge in [0.15, 0.2) is 0 Å². The maximum absolute atomic E-state index is 12.0. The van der Waals surface area contributed by atoms with Crippen molar-refractivity contribution in [3.63, 3.8) is 0 Å². The van der Waals surface area contributed by atoms with Gasteiger partial charge in [-0.3, -0.25) is 9.59 Å². The normalized spacial score (nSPS) is 16.9. The first-order chi connectivity index (χ1) is 12.1. The zero-order valence-corrected chi connectivity index (χ0v) is 14.6. The van der Waals surface area contributed by atoms with Gasteiger partial charge < -0.3 is 9.84 Å². The molecule has 0 saturated heterocycles. The molecule has 0 radical (unpaired) electrons. The van der Waals surface area contributed by atoms with E-state index in [2.05, 4.69) is 6.07 Å². The molecule has 0 aliphatic heterocycles. The van der Waals surface area contributed by atoms with Gasteiger partial charge in [-0.25, -0.2) is 0 Å². The molecule has 0 heterocycles. The summed E-state index contributed by atoms with van der Waals surface area (Å²) in [5, 5.41) is 12.1. The first-order valence-corrected chi connectivity index (χ1v) is 8.83. The van der Waals surface area contributed by atoms with Gasteiger partial charge in [-0.2, -0.15) is 0 Å². The quantitative estimate of drug-likeness (QED) is 0.811. The van der Waals surface area contributed by atoms with E-state index in [9.17, 15) is 14.7 Å². The van der Waals surface area contributed by atoms with Crippen LogP contribution in [0.15, 0.2) is 36.4 Å². The van der Waals surface area contributed by atoms with Crippen molar-refractivity contribution in [1.29, 1.82) is 0 Å². The second-order valence-corrected chi connectivity index (χ2v) is 6.88. The van der Waals surface area contributed by atoms with Crippen LogP contribution in [-0.4, -0.2) is 30.6 Å². The number of Topliss-reactive ketones (excluding diaryl/α,β-unsaturated/α-hetero) is 1. The number of carbonyl (C=O) groups excluding carboxylic acids is 1. The fraction of sp³-hybridized carbons (Fsp3) is 0.429. The molecule has 0 aromatic heterocycles. The second kappa shape index (κ2) is 7.36. The molecule has 1 N–H and O–H groups in total. The highest BCUT2D eigenvalue weighted by Gasteiger charge is 2.43. The smallest absolute Gasteiger partial charge is 0.314 e. The van der Waals surface area contributed by atoms with Crippen LogP contribution in [0.1, 0.15) is 43.2 Å². The minimum Gasteiger partial charge on any atom is -0.481 e. The summed E-state index contributed by atoms with van der Waals surface area (Å²) in [5.74, 6) is -0.659. The third-order valence-electron chi connectivity index (χ3n) is 5.39. The molecule has 1 fully saturated rings. The summed E-state index contributed by atoms with van der Waals surface area (Å²) in [6.07, 6.45) is 3.37. The van der Waals surface area contributed by atoms with Crippen molar-refractivity contribution in [3.8, 4) is 0 Å². The Morgan fingerprint density at radius 1 is 1.20 bits per heavy atom. The Morgan fingerprint density at radius 2 is 1.96 bits per heavy atom. The summed E-state index contributed by atoms with van der Waals surface area (Å²) >= 11 is 0. The lowest BCUT2D eigenvalue weighted by molar-refractivity contribution is -0.146. The highest BCUT2D eigenvalue weighted by Crippen LogP contribution is 2.40. The van der Waals surface area contributed by atoms with Crippen molar-refractivity contribution < 1.29 is 19.4 Å². The molecule has 4 heteroatoms. The maximum Gasteiger partial charge on any atom is 0.314 e. The number of ether oxygens (including phenoxy) is 1. The molecule has 2 aromatic carbocycles. The van der Waals surface area contributed by atoms with Gasteiger partial charge in [-0.05, 0) is 53.6 Å². The summed E-state index contributed by atoms with van der Waals surface area (Å²) < 4.78 is 5.13. The average Bonchev–Trinajstić information content (AvgIpc) is 2.62. The van der Waals surface area contributed by atoms with Crippen molar-refractivity contribution in [2.75, 3.05) is 13.7 Å². The maximum atomic E-state index is 12.0. The number of hydrogen-bond donors (Lipinski definition) is 1. The Hall–Kier alpha value is -2.20. The first kappa shape index (κ1) is 17.6. The SMILES string of the molecule is COCCCc1cccc2cc(C3(C(=O)O)CCC(=O)CC3)ccc12. The number of fused-ring (bicyclic) bond motifs is 1. The van der Waals surface area contributed by atoms with Gasteiger partial charge in [0.1, 0.15) is 5.78 Å². The van der Waals surface area contributed by atoms with Crippen LogP contribution in [0, 0.1) is 0 Å². The number of ketones is 1. The van der Waals surface area contributed by atoms with Gasteiger partial charge in [-0.1, -0.05) is 30.3 Å². The van der Waals surface area contributed by atoms with E-state index in [1.165, 1.54) is 5.56 Å². The molecule has 0 spiro atoms. The van der Waals surface area contributed by atoms with Gasteiger partial charge in [-0.15, -0.1) is 0 Å². The molecular formula is C21H24O4. The van der Waals surface area contributed by atoms with Gasteiger partial charge >= 0.3 is 5.97 Å². The summed E-state index contributed by atoms with van der Waals surface area (Å²) in [4.78, 5) is 23.6. The van der Waals surface area contributed by atoms with Gasteiger partial charge in [0.25, 0.3) is 0 Å². The van der Waals surface area contributed by atoms with Gasteiger partial charge in [0.05, 0.1) is 5.41 Å². The molecule has 1 aliphatic carbocycles. The molecule has 0 amide bonds. The van der Waals surface area contributed by atoms with Crippen LogP contribution < -0.4 is 0 Å². The standard InChI is InChI=1S/C21H24O4/c1-25-13-3-6-15-4-2-5-16-14-17(7-8-19(15)16)21(20(23)24)11-9-18(22)10-12-21/h2,4-5,7-8,14H,3,6,9-13H2,1H3,(H,23,24). The number of aliphatic carboxylic acids is 1. The molecule has 3 rings (SSSR count). The summed E-state index contributed by atoms with van der Waals surface area (Å²) in [5.41, 5.74) is 1.13. The van der Waals surface area contributed by atoms with Crippen LogP contribution in [-0.2, 0) is 26.2 Å². The fourth-order valence-corrected chi connectivity index (χ4v) is 3.86. The summed E-state index contributed by atoms with van der Waals surface area (Å²) in [7, 11) is 1.70. The summed E-state index contributed by atoms with van der Waals surface area (Å²) in [6, 6.07) is 12.1. The second-order valence-electron chi connectivity index (χ2n) is 6.88. The molecule has 0 atom stereocenters. The number of methoxy groups -OCH3 is 1. The van der Waals surface area contributed by atoms with E-state index in [-0.39, 0.29) is 5.78 Å². The predicted octanol–water partition coefficient (Wildman–Crippen LogP) is 3.88. The van der Waals surface area contributed by atoms with Crippen molar-refractivity contribution >= 4 is 22.5 Å². The third kappa shape index (κ3) is 3.45. The van der Waals surface area contributed by atoms with Gasteiger partial charge in [0.2, 0.25) is 0 Å². The number of rotatable bonds is 6. The lowest BCUT2D eigenvalue weighted by Crippen LogP contribution is -2.39. The largest absolute Gasteiger partial charge is 0.481 e. The zero-order chi connectivity index (χ0) is 17.9. The minimum absolute atomic E-state index is 0.165. The molecule has 25 heavy (non-hydrogen) atoms. The van der Waals surface area contributed by atoms with Crippen LogP contribution in [0.2, 0.25) is 0 Å². The van der Waals surface area contributed by atoms with Crippen LogP contribution in [0.25, 0.3) is 10.8 Å². The lowest BCUT2D eigenvalue weighted by Gasteiger charge is -2.33. The van der Waals surface area contributed by atoms with Crippen LogP contribution >= 0.6 is 0 Å². The monoisotopic (exact) mass is 340 g/mol. The topological polar surface area (TPSA) is 63.6 Å². The van der Waals surface area contributed by atoms with Crippen LogP contribution in [0.4, 0.5) is 0 Å². The zero-order valence-electron chi connectivity index (χ0n) is 14.6. The molecule has 1 saturated carbocycles. The first-order valence-electron chi connectivity index (χ1n) is 8.83. The Bertz CT molecular complexity index is 784. The Kier molecular flexibility index (Phi) is 5.19. The van der Waals surface area contributed by atoms with E-state index in [1.807, 2.05) is 30.3 Å². The molecule has 0 bridgehead atoms. The van der Waals surface area contributed by atoms with E-state index in [1.54, 1.807) is 7.11 Å². The predicted molar refractivity (Wildman–Crippen MR) is 96.9 cm³/mol. The number of carbonyl (C=O) groups is 2. The van der Waals surface area contributed by atoms with E-state index < -0.39 is 11.4 Å². The number of carboxylic acids is 1. The van der Waals surface area contributed by atoms with E-state index in [4.69, 9.17) is 4.74 Å². The molecule has 1 aliphatic rings. The van der Waals surface area contributed by atoms with Crippen molar-refractivity contribution in [1.82, 2.24) is 0 Å². The highest BCUT2D eigenvalue weighted by atomic mass is 16.5. The Morgan fingerprint density at radius 3 is 2.64 bits per heavy atom. The van der Waals surface area contributed by atoms with Gasteiger partial charge in [0, 0.05) is 26.6 Å². The number of hydrogen-bond acceptors (Lipinski definition) is 3. The van der Waals surface area contributed by atoms with E-state index in [0.717, 1.165) is 35.8 Å². The van der Waals surface area contributed by atoms with Crippen molar-refractivity contribution in [2.45, 2.75) is 43.9 Å². The number of aryl methyl sites for hydroxylation is 1. The van der Waals surface area contributed by atoms with E-state index >= 15 is 0 Å². The summed E-state index contributed by atoms with van der Waals surface area (Å²) in [6.45, 7) is 0.727. The molecular weight excluding hydrogens is 316 g/mol. The Balaban J connectivity index is 1.97. The fourth-order valence-electron chi connectivity index (χ4n) is 3.86. The number of carboxylic acid groups (broad SMARTS) is 1. The van der Waals surface area contributed by atoms with Crippen molar-refractivity contribution in [3.05, 3.63) is 47.5 Å². The number of benzene rings is 2. The van der Waals surface area contributed by atoms with Crippen LogP contribution in [0.5, 0.6) is 0 Å². The molecule has 2 aromatic rings. The average molecular weight is 340 g/mol. The molecule has 0 unspecified atom stereocenters. The lowest BCUT2D eigenvalue weighted by atomic mass is 9.69. The minimum atomic E-state index is -0.936.